The maximum Gasteiger partial charge on any atom is 0.462 e. The second kappa shape index (κ2) is 9.55. The Bertz CT molecular complexity index is 1120. The average molecular weight is 538 g/mol. The number of carbonyl (C=O) groups excluding carboxylic acids is 2. The Balaban J connectivity index is 2.25. The first-order chi connectivity index (χ1) is 16.2. The highest BCUT2D eigenvalue weighted by Crippen LogP contribution is 2.51. The molecule has 198 valence electrons. The van der Waals surface area contributed by atoms with Crippen molar-refractivity contribution in [1.29, 1.82) is 0 Å². The molecule has 0 fully saturated rings. The average Bonchev–Trinajstić information content (AvgIpc) is 2.73. The number of nitrogens with one attached hydrogen (secondary N) is 2. The number of anilines is 2. The third kappa shape index (κ3) is 5.68. The molecular formula is C20H13F11N2O3. The van der Waals surface area contributed by atoms with Crippen molar-refractivity contribution in [2.24, 2.45) is 0 Å². The number of amides is 2. The van der Waals surface area contributed by atoms with Crippen LogP contribution in [0.25, 0.3) is 0 Å². The van der Waals surface area contributed by atoms with Gasteiger partial charge in [-0.3, -0.25) is 14.3 Å². The van der Waals surface area contributed by atoms with Crippen LogP contribution < -0.4 is 10.6 Å². The second-order valence-corrected chi connectivity index (χ2v) is 7.08. The van der Waals surface area contributed by atoms with E-state index in [1.54, 1.807) is 25.1 Å². The second-order valence-electron chi connectivity index (χ2n) is 7.08. The van der Waals surface area contributed by atoms with E-state index in [1.807, 2.05) is 0 Å². The molecule has 0 aliphatic heterocycles. The van der Waals surface area contributed by atoms with E-state index in [9.17, 15) is 57.9 Å². The van der Waals surface area contributed by atoms with Crippen LogP contribution in [0.1, 0.15) is 15.9 Å². The van der Waals surface area contributed by atoms with Gasteiger partial charge in [0, 0.05) is 16.9 Å². The third-order valence-corrected chi connectivity index (χ3v) is 4.45. The van der Waals surface area contributed by atoms with Crippen LogP contribution in [-0.4, -0.2) is 42.1 Å². The third-order valence-electron chi connectivity index (χ3n) is 4.45. The van der Waals surface area contributed by atoms with Gasteiger partial charge in [-0.1, -0.05) is 18.2 Å². The molecule has 0 aliphatic carbocycles. The number of benzene rings is 2. The minimum atomic E-state index is -7.30. The van der Waals surface area contributed by atoms with Gasteiger partial charge in [0.1, 0.15) is 0 Å². The highest BCUT2D eigenvalue weighted by molar-refractivity contribution is 6.05. The van der Waals surface area contributed by atoms with E-state index in [2.05, 4.69) is 10.1 Å². The molecular weight excluding hydrogens is 525 g/mol. The Morgan fingerprint density at radius 3 is 1.72 bits per heavy atom. The highest BCUT2D eigenvalue weighted by atomic mass is 19.4. The number of ether oxygens (including phenoxy) is 1. The summed E-state index contributed by atoms with van der Waals surface area (Å²) in [6.07, 6.45) is -21.1. The summed E-state index contributed by atoms with van der Waals surface area (Å²) in [4.78, 5) is 24.0. The smallest absolute Gasteiger partial charge is 0.322 e. The number of alkyl halides is 11. The number of carbonyl (C=O) groups is 2. The number of aryl methyl sites for hydroxylation is 1. The zero-order chi connectivity index (χ0) is 27.7. The van der Waals surface area contributed by atoms with Crippen LogP contribution in [0.15, 0.2) is 48.5 Å². The summed E-state index contributed by atoms with van der Waals surface area (Å²) < 4.78 is 144. The lowest BCUT2D eigenvalue weighted by Gasteiger charge is -2.34. The van der Waals surface area contributed by atoms with Gasteiger partial charge >= 0.3 is 30.2 Å². The molecule has 2 rings (SSSR count). The molecule has 2 N–H and O–H groups in total. The number of rotatable bonds is 7. The van der Waals surface area contributed by atoms with E-state index in [0.29, 0.717) is 23.4 Å². The van der Waals surface area contributed by atoms with Crippen molar-refractivity contribution in [3.05, 3.63) is 59.7 Å². The van der Waals surface area contributed by atoms with Gasteiger partial charge in [0.25, 0.3) is 11.8 Å². The van der Waals surface area contributed by atoms with Gasteiger partial charge < -0.3 is 10.6 Å². The molecule has 0 spiro atoms. The molecule has 2 aromatic rings. The fourth-order valence-electron chi connectivity index (χ4n) is 2.46. The molecule has 1 atom stereocenters. The monoisotopic (exact) mass is 538 g/mol. The first kappa shape index (κ1) is 28.8. The number of para-hydroxylation sites is 1. The molecule has 0 aliphatic rings. The summed E-state index contributed by atoms with van der Waals surface area (Å²) in [5.74, 6) is -17.6. The maximum absolute atomic E-state index is 14.3. The van der Waals surface area contributed by atoms with Crippen LogP contribution in [0.4, 0.5) is 59.7 Å². The van der Waals surface area contributed by atoms with E-state index in [-0.39, 0.29) is 5.56 Å². The first-order valence-electron chi connectivity index (χ1n) is 9.29. The Morgan fingerprint density at radius 2 is 1.25 bits per heavy atom. The van der Waals surface area contributed by atoms with Crippen molar-refractivity contribution in [1.82, 2.24) is 0 Å². The minimum absolute atomic E-state index is 0.147. The van der Waals surface area contributed by atoms with Gasteiger partial charge in [-0.2, -0.15) is 48.3 Å². The number of hydrogen-bond acceptors (Lipinski definition) is 3. The van der Waals surface area contributed by atoms with E-state index >= 15 is 0 Å². The molecule has 0 heterocycles. The normalized spacial score (nSPS) is 14.7. The van der Waals surface area contributed by atoms with Crippen LogP contribution >= 0.6 is 0 Å². The van der Waals surface area contributed by atoms with Crippen molar-refractivity contribution in [3.63, 3.8) is 0 Å². The minimum Gasteiger partial charge on any atom is -0.322 e. The molecule has 2 amide bonds. The Hall–Kier alpha value is -3.43. The summed E-state index contributed by atoms with van der Waals surface area (Å²) >= 11 is 0. The van der Waals surface area contributed by atoms with Crippen LogP contribution in [0.3, 0.4) is 0 Å². The van der Waals surface area contributed by atoms with Crippen LogP contribution in [0, 0.1) is 6.92 Å². The predicted molar refractivity (Wildman–Crippen MR) is 101 cm³/mol. The summed E-state index contributed by atoms with van der Waals surface area (Å²) in [5.41, 5.74) is 0.120. The van der Waals surface area contributed by atoms with Crippen molar-refractivity contribution in [2.45, 2.75) is 37.2 Å². The zero-order valence-corrected chi connectivity index (χ0v) is 17.5. The summed E-state index contributed by atoms with van der Waals surface area (Å²) in [6.45, 7) is 1.66. The van der Waals surface area contributed by atoms with Gasteiger partial charge in [0.05, 0.1) is 0 Å². The van der Waals surface area contributed by atoms with E-state index in [4.69, 9.17) is 0 Å². The molecule has 0 saturated heterocycles. The fraction of sp³-hybridized carbons (Fsp3) is 0.300. The molecule has 0 saturated carbocycles. The van der Waals surface area contributed by atoms with Gasteiger partial charge in [0.15, 0.2) is 0 Å². The van der Waals surface area contributed by atoms with Gasteiger partial charge in [-0.25, -0.2) is 0 Å². The Morgan fingerprint density at radius 1 is 0.722 bits per heavy atom. The van der Waals surface area contributed by atoms with Gasteiger partial charge in [-0.15, -0.1) is 0 Å². The van der Waals surface area contributed by atoms with E-state index in [1.165, 1.54) is 6.07 Å². The Labute approximate surface area is 194 Å². The Kier molecular flexibility index (Phi) is 7.64. The molecule has 0 unspecified atom stereocenters. The lowest BCUT2D eigenvalue weighted by Crippen LogP contribution is -2.62. The van der Waals surface area contributed by atoms with Gasteiger partial charge in [-0.05, 0) is 42.8 Å². The molecule has 0 aromatic heterocycles. The van der Waals surface area contributed by atoms with E-state index in [0.717, 1.165) is 17.4 Å². The van der Waals surface area contributed by atoms with Crippen molar-refractivity contribution in [2.75, 3.05) is 10.6 Å². The largest absolute Gasteiger partial charge is 0.462 e. The van der Waals surface area contributed by atoms with Crippen molar-refractivity contribution < 1.29 is 62.6 Å². The predicted octanol–water partition coefficient (Wildman–Crippen LogP) is 6.22. The van der Waals surface area contributed by atoms with Crippen LogP contribution in [0.2, 0.25) is 0 Å². The highest BCUT2D eigenvalue weighted by Gasteiger charge is 2.79. The summed E-state index contributed by atoms with van der Waals surface area (Å²) in [5, 5.41) is 3.56. The SMILES string of the molecule is Cc1ccccc1NC(=O)c1ccc(NC(=O)[C@](F)(OC(F)(F)C(F)(F)C(F)(F)F)C(F)(F)F)cc1. The fourth-order valence-corrected chi connectivity index (χ4v) is 2.46. The summed E-state index contributed by atoms with van der Waals surface area (Å²) in [6, 6.07) is 9.66. The molecule has 0 radical (unpaired) electrons. The van der Waals surface area contributed by atoms with Crippen LogP contribution in [0.5, 0.6) is 0 Å². The molecule has 2 aromatic carbocycles. The number of halogens is 11. The quantitative estimate of drug-likeness (QED) is 0.412. The molecule has 5 nitrogen and oxygen atoms in total. The van der Waals surface area contributed by atoms with Crippen molar-refractivity contribution >= 4 is 23.2 Å². The van der Waals surface area contributed by atoms with Crippen molar-refractivity contribution in [3.8, 4) is 0 Å². The number of hydrogen-bond donors (Lipinski definition) is 2. The molecule has 0 bridgehead atoms. The van der Waals surface area contributed by atoms with Gasteiger partial charge in [0.2, 0.25) is 0 Å². The summed E-state index contributed by atoms with van der Waals surface area (Å²) in [7, 11) is 0. The topological polar surface area (TPSA) is 67.4 Å². The lowest BCUT2D eigenvalue weighted by atomic mass is 10.1. The first-order valence-corrected chi connectivity index (χ1v) is 9.29. The zero-order valence-electron chi connectivity index (χ0n) is 17.5. The van der Waals surface area contributed by atoms with Crippen LogP contribution in [-0.2, 0) is 9.53 Å². The lowest BCUT2D eigenvalue weighted by molar-refractivity contribution is -0.472. The maximum atomic E-state index is 14.3. The molecule has 16 heteroatoms. The standard InChI is InChI=1S/C20H13F11N2O3/c1-10-4-2-3-5-13(10)33-14(34)11-6-8-12(9-7-11)32-15(35)16(21,18(24,25)26)36-20(30,31)17(22,23)19(27,28)29/h2-9H,1H3,(H,32,35)(H,33,34)/t16-/m0/s1. The van der Waals surface area contributed by atoms with E-state index < -0.39 is 47.7 Å². The molecule has 36 heavy (non-hydrogen) atoms.